The van der Waals surface area contributed by atoms with E-state index in [4.69, 9.17) is 5.11 Å². The molecule has 0 aliphatic carbocycles. The number of rotatable bonds is 7. The first-order chi connectivity index (χ1) is 8.95. The summed E-state index contributed by atoms with van der Waals surface area (Å²) in [5, 5.41) is 9.06. The van der Waals surface area contributed by atoms with Crippen LogP contribution in [0.3, 0.4) is 0 Å². The van der Waals surface area contributed by atoms with Crippen molar-refractivity contribution in [2.45, 2.75) is 31.6 Å². The fourth-order valence-electron chi connectivity index (χ4n) is 1.75. The van der Waals surface area contributed by atoms with Crippen LogP contribution in [0.5, 0.6) is 0 Å². The van der Waals surface area contributed by atoms with E-state index in [0.717, 1.165) is 6.20 Å². The normalized spacial score (nSPS) is 11.7. The lowest BCUT2D eigenvalue weighted by atomic mass is 10.3. The largest absolute Gasteiger partial charge is 0.478 e. The summed E-state index contributed by atoms with van der Waals surface area (Å²) in [7, 11) is -3.81. The number of sulfonamides is 1. The lowest BCUT2D eigenvalue weighted by Gasteiger charge is -2.21. The van der Waals surface area contributed by atoms with Crippen molar-refractivity contribution in [1.82, 2.24) is 9.29 Å². The van der Waals surface area contributed by atoms with Crippen molar-refractivity contribution in [3.8, 4) is 0 Å². The number of aromatic nitrogens is 1. The van der Waals surface area contributed by atoms with Crippen molar-refractivity contribution in [2.75, 3.05) is 13.1 Å². The molecule has 0 aromatic carbocycles. The predicted molar refractivity (Wildman–Crippen MR) is 70.5 cm³/mol. The fraction of sp³-hybridized carbons (Fsp3) is 0.500. The monoisotopic (exact) mass is 286 g/mol. The van der Waals surface area contributed by atoms with Crippen LogP contribution >= 0.6 is 0 Å². The van der Waals surface area contributed by atoms with Gasteiger partial charge in [0.1, 0.15) is 4.90 Å². The van der Waals surface area contributed by atoms with Crippen LogP contribution in [0.25, 0.3) is 0 Å². The van der Waals surface area contributed by atoms with Crippen LogP contribution < -0.4 is 0 Å². The van der Waals surface area contributed by atoms with Crippen LogP contribution in [0.2, 0.25) is 0 Å². The summed E-state index contributed by atoms with van der Waals surface area (Å²) in [6.45, 7) is 4.48. The van der Waals surface area contributed by atoms with E-state index in [1.807, 2.05) is 13.8 Å². The maximum atomic E-state index is 12.5. The van der Waals surface area contributed by atoms with E-state index < -0.39 is 16.0 Å². The zero-order chi connectivity index (χ0) is 14.5. The average molecular weight is 286 g/mol. The highest BCUT2D eigenvalue weighted by Gasteiger charge is 2.28. The zero-order valence-electron chi connectivity index (χ0n) is 11.0. The average Bonchev–Trinajstić information content (AvgIpc) is 2.38. The number of hydrogen-bond donors (Lipinski definition) is 1. The number of nitrogens with zero attached hydrogens (tertiary/aromatic N) is 2. The van der Waals surface area contributed by atoms with Crippen LogP contribution in [0.15, 0.2) is 23.4 Å². The third kappa shape index (κ3) is 3.51. The highest BCUT2D eigenvalue weighted by atomic mass is 32.2. The van der Waals surface area contributed by atoms with Crippen LogP contribution in [-0.2, 0) is 10.0 Å². The van der Waals surface area contributed by atoms with Gasteiger partial charge in [-0.15, -0.1) is 0 Å². The van der Waals surface area contributed by atoms with Gasteiger partial charge in [-0.05, 0) is 18.9 Å². The SMILES string of the molecule is CCCN(CCC)S(=O)(=O)c1cnccc1C(=O)O. The first-order valence-corrected chi connectivity index (χ1v) is 7.56. The van der Waals surface area contributed by atoms with E-state index in [1.165, 1.54) is 16.6 Å². The molecule has 1 N–H and O–H groups in total. The number of pyridine rings is 1. The summed E-state index contributed by atoms with van der Waals surface area (Å²) in [5.41, 5.74) is -0.243. The minimum atomic E-state index is -3.81. The molecule has 0 aliphatic rings. The van der Waals surface area contributed by atoms with Crippen molar-refractivity contribution in [2.24, 2.45) is 0 Å². The second-order valence-electron chi connectivity index (χ2n) is 4.08. The molecule has 1 rings (SSSR count). The molecule has 0 amide bonds. The molecule has 106 valence electrons. The molecule has 1 heterocycles. The van der Waals surface area contributed by atoms with Crippen LogP contribution in [-0.4, -0.2) is 41.9 Å². The molecule has 7 heteroatoms. The third-order valence-electron chi connectivity index (χ3n) is 2.58. The van der Waals surface area contributed by atoms with Gasteiger partial charge in [0.2, 0.25) is 10.0 Å². The van der Waals surface area contributed by atoms with Gasteiger partial charge in [0.15, 0.2) is 0 Å². The van der Waals surface area contributed by atoms with Gasteiger partial charge >= 0.3 is 5.97 Å². The Morgan fingerprint density at radius 3 is 2.37 bits per heavy atom. The lowest BCUT2D eigenvalue weighted by Crippen LogP contribution is -2.33. The summed E-state index contributed by atoms with van der Waals surface area (Å²) >= 11 is 0. The molecular weight excluding hydrogens is 268 g/mol. The second kappa shape index (κ2) is 6.63. The lowest BCUT2D eigenvalue weighted by molar-refractivity contribution is 0.0692. The topological polar surface area (TPSA) is 87.6 Å². The quantitative estimate of drug-likeness (QED) is 0.822. The Balaban J connectivity index is 3.29. The van der Waals surface area contributed by atoms with Gasteiger partial charge < -0.3 is 5.11 Å². The van der Waals surface area contributed by atoms with E-state index in [2.05, 4.69) is 4.98 Å². The second-order valence-corrected chi connectivity index (χ2v) is 5.99. The van der Waals surface area contributed by atoms with Crippen molar-refractivity contribution < 1.29 is 18.3 Å². The maximum absolute atomic E-state index is 12.5. The van der Waals surface area contributed by atoms with Gasteiger partial charge in [-0.1, -0.05) is 13.8 Å². The van der Waals surface area contributed by atoms with Gasteiger partial charge in [-0.25, -0.2) is 13.2 Å². The van der Waals surface area contributed by atoms with Gasteiger partial charge in [-0.2, -0.15) is 4.31 Å². The molecule has 0 saturated heterocycles. The summed E-state index contributed by atoms with van der Waals surface area (Å²) in [6, 6.07) is 1.20. The fourth-order valence-corrected chi connectivity index (χ4v) is 3.50. The molecule has 0 bridgehead atoms. The summed E-state index contributed by atoms with van der Waals surface area (Å²) < 4.78 is 26.2. The predicted octanol–water partition coefficient (Wildman–Crippen LogP) is 1.59. The molecule has 19 heavy (non-hydrogen) atoms. The number of hydrogen-bond acceptors (Lipinski definition) is 4. The molecule has 0 saturated carbocycles. The molecule has 0 aliphatic heterocycles. The number of aromatic carboxylic acids is 1. The van der Waals surface area contributed by atoms with Crippen LogP contribution in [0.4, 0.5) is 0 Å². The summed E-state index contributed by atoms with van der Waals surface area (Å²) in [6.07, 6.45) is 3.70. The molecule has 0 radical (unpaired) electrons. The van der Waals surface area contributed by atoms with E-state index in [9.17, 15) is 13.2 Å². The van der Waals surface area contributed by atoms with Crippen molar-refractivity contribution >= 4 is 16.0 Å². The van der Waals surface area contributed by atoms with Crippen molar-refractivity contribution in [3.63, 3.8) is 0 Å². The van der Waals surface area contributed by atoms with Gasteiger partial charge in [-0.3, -0.25) is 4.98 Å². The molecule has 1 aromatic heterocycles. The van der Waals surface area contributed by atoms with E-state index >= 15 is 0 Å². The highest BCUT2D eigenvalue weighted by Crippen LogP contribution is 2.19. The highest BCUT2D eigenvalue weighted by molar-refractivity contribution is 7.89. The van der Waals surface area contributed by atoms with Crippen molar-refractivity contribution in [3.05, 3.63) is 24.0 Å². The summed E-state index contributed by atoms with van der Waals surface area (Å²) in [5.74, 6) is -1.27. The first-order valence-electron chi connectivity index (χ1n) is 6.12. The molecule has 1 aromatic rings. The van der Waals surface area contributed by atoms with Gasteiger partial charge in [0.05, 0.1) is 5.56 Å². The van der Waals surface area contributed by atoms with E-state index in [-0.39, 0.29) is 10.5 Å². The number of carbonyl (C=O) groups is 1. The molecule has 0 fully saturated rings. The number of carboxylic acids is 1. The maximum Gasteiger partial charge on any atom is 0.337 e. The molecule has 6 nitrogen and oxygen atoms in total. The molecule has 0 atom stereocenters. The van der Waals surface area contributed by atoms with Crippen LogP contribution in [0.1, 0.15) is 37.0 Å². The molecule has 0 unspecified atom stereocenters. The van der Waals surface area contributed by atoms with E-state index in [0.29, 0.717) is 25.9 Å². The minimum absolute atomic E-state index is 0.243. The third-order valence-corrected chi connectivity index (χ3v) is 4.50. The van der Waals surface area contributed by atoms with Crippen molar-refractivity contribution in [1.29, 1.82) is 0 Å². The Bertz CT molecular complexity index is 536. The Labute approximate surface area is 113 Å². The standard InChI is InChI=1S/C12H18N2O4S/c1-3-7-14(8-4-2)19(17,18)11-9-13-6-5-10(11)12(15)16/h5-6,9H,3-4,7-8H2,1-2H3,(H,15,16). The van der Waals surface area contributed by atoms with Crippen LogP contribution in [0, 0.1) is 0 Å². The van der Waals surface area contributed by atoms with E-state index in [1.54, 1.807) is 0 Å². The Kier molecular flexibility index (Phi) is 5.44. The number of carboxylic acid groups (broad SMARTS) is 1. The summed E-state index contributed by atoms with van der Waals surface area (Å²) in [4.78, 5) is 14.6. The van der Waals surface area contributed by atoms with Gasteiger partial charge in [0, 0.05) is 25.5 Å². The molecular formula is C12H18N2O4S. The minimum Gasteiger partial charge on any atom is -0.478 e. The first kappa shape index (κ1) is 15.6. The zero-order valence-corrected chi connectivity index (χ0v) is 11.9. The Morgan fingerprint density at radius 2 is 1.89 bits per heavy atom. The smallest absolute Gasteiger partial charge is 0.337 e. The Morgan fingerprint density at radius 1 is 1.32 bits per heavy atom. The molecule has 0 spiro atoms. The Hall–Kier alpha value is -1.47. The van der Waals surface area contributed by atoms with Gasteiger partial charge in [0.25, 0.3) is 0 Å².